The van der Waals surface area contributed by atoms with E-state index < -0.39 is 0 Å². The predicted molar refractivity (Wildman–Crippen MR) is 116 cm³/mol. The topological polar surface area (TPSA) is 60.8 Å². The number of aromatic nitrogens is 1. The molecule has 0 aliphatic rings. The second-order valence-electron chi connectivity index (χ2n) is 7.02. The van der Waals surface area contributed by atoms with Crippen molar-refractivity contribution in [2.24, 2.45) is 0 Å². The number of pyridine rings is 1. The largest absolute Gasteiger partial charge is 0.493 e. The Labute approximate surface area is 170 Å². The van der Waals surface area contributed by atoms with Crippen LogP contribution >= 0.6 is 0 Å². The quantitative estimate of drug-likeness (QED) is 0.658. The van der Waals surface area contributed by atoms with Crippen LogP contribution in [0.5, 0.6) is 11.5 Å². The molecule has 1 amide bonds. The predicted octanol–water partition coefficient (Wildman–Crippen LogP) is 3.93. The molecule has 0 spiro atoms. The van der Waals surface area contributed by atoms with Gasteiger partial charge in [-0.15, -0.1) is 0 Å². The van der Waals surface area contributed by atoms with E-state index in [0.29, 0.717) is 34.4 Å². The fraction of sp³-hybridized carbons (Fsp3) is 0.304. The van der Waals surface area contributed by atoms with Gasteiger partial charge in [0.25, 0.3) is 11.5 Å². The van der Waals surface area contributed by atoms with Gasteiger partial charge in [-0.2, -0.15) is 0 Å². The fourth-order valence-corrected chi connectivity index (χ4v) is 3.35. The third kappa shape index (κ3) is 3.58. The van der Waals surface area contributed by atoms with Crippen molar-refractivity contribution in [3.8, 4) is 11.5 Å². The summed E-state index contributed by atoms with van der Waals surface area (Å²) in [7, 11) is 4.78. The number of amides is 1. The summed E-state index contributed by atoms with van der Waals surface area (Å²) < 4.78 is 12.3. The Morgan fingerprint density at radius 2 is 1.62 bits per heavy atom. The molecule has 0 unspecified atom stereocenters. The lowest BCUT2D eigenvalue weighted by atomic mass is 10.0. The van der Waals surface area contributed by atoms with Gasteiger partial charge in [0.05, 0.1) is 25.2 Å². The van der Waals surface area contributed by atoms with E-state index in [1.54, 1.807) is 30.3 Å². The number of hydrogen-bond acceptors (Lipinski definition) is 4. The van der Waals surface area contributed by atoms with Crippen molar-refractivity contribution >= 4 is 22.4 Å². The lowest BCUT2D eigenvalue weighted by molar-refractivity contribution is 0.0994. The molecular weight excluding hydrogens is 368 g/mol. The molecule has 0 radical (unpaired) electrons. The van der Waals surface area contributed by atoms with E-state index in [-0.39, 0.29) is 11.5 Å². The number of ether oxygens (including phenoxy) is 2. The summed E-state index contributed by atoms with van der Waals surface area (Å²) in [5, 5.41) is 0.960. The van der Waals surface area contributed by atoms with Crippen molar-refractivity contribution in [2.75, 3.05) is 26.2 Å². The molecule has 2 aromatic carbocycles. The Bertz CT molecular complexity index is 1150. The standard InChI is InChI=1S/C23H26N2O4/c1-7-25-13-19(22(26)24(4)16-9-8-14(2)15(3)10-16)17-11-20(28-5)21(29-6)12-18(17)23(25)27/h8-13H,7H2,1-6H3. The molecule has 3 aromatic rings. The van der Waals surface area contributed by atoms with Gasteiger partial charge in [0, 0.05) is 30.9 Å². The van der Waals surface area contributed by atoms with E-state index in [2.05, 4.69) is 0 Å². The van der Waals surface area contributed by atoms with Crippen molar-refractivity contribution in [1.29, 1.82) is 0 Å². The van der Waals surface area contributed by atoms with Crippen molar-refractivity contribution in [3.05, 3.63) is 63.6 Å². The molecular formula is C23H26N2O4. The summed E-state index contributed by atoms with van der Waals surface area (Å²) in [6, 6.07) is 9.22. The molecule has 0 aliphatic heterocycles. The third-order valence-corrected chi connectivity index (χ3v) is 5.34. The molecule has 0 saturated heterocycles. The number of hydrogen-bond donors (Lipinski definition) is 0. The average Bonchev–Trinajstić information content (AvgIpc) is 2.74. The maximum Gasteiger partial charge on any atom is 0.260 e. The summed E-state index contributed by atoms with van der Waals surface area (Å²) in [6.07, 6.45) is 1.62. The number of carbonyl (C=O) groups is 1. The van der Waals surface area contributed by atoms with Gasteiger partial charge in [0.2, 0.25) is 0 Å². The highest BCUT2D eigenvalue weighted by molar-refractivity contribution is 6.14. The van der Waals surface area contributed by atoms with Gasteiger partial charge in [-0.1, -0.05) is 6.07 Å². The maximum absolute atomic E-state index is 13.4. The van der Waals surface area contributed by atoms with E-state index in [1.165, 1.54) is 18.8 Å². The number of nitrogens with zero attached hydrogens (tertiary/aromatic N) is 2. The number of rotatable bonds is 5. The highest BCUT2D eigenvalue weighted by Crippen LogP contribution is 2.33. The number of benzene rings is 2. The van der Waals surface area contributed by atoms with Crippen LogP contribution in [-0.2, 0) is 6.54 Å². The number of carbonyl (C=O) groups excluding carboxylic acids is 1. The van der Waals surface area contributed by atoms with Crippen LogP contribution in [0, 0.1) is 13.8 Å². The van der Waals surface area contributed by atoms with E-state index in [4.69, 9.17) is 9.47 Å². The zero-order valence-electron chi connectivity index (χ0n) is 17.7. The van der Waals surface area contributed by atoms with E-state index in [1.807, 2.05) is 39.0 Å². The second kappa shape index (κ2) is 7.99. The fourth-order valence-electron chi connectivity index (χ4n) is 3.35. The minimum atomic E-state index is -0.201. The van der Waals surface area contributed by atoms with Crippen LogP contribution in [0.3, 0.4) is 0 Å². The molecule has 0 saturated carbocycles. The number of methoxy groups -OCH3 is 2. The monoisotopic (exact) mass is 394 g/mol. The van der Waals surface area contributed by atoms with Crippen LogP contribution in [0.25, 0.3) is 10.8 Å². The van der Waals surface area contributed by atoms with Gasteiger partial charge < -0.3 is 18.9 Å². The number of aryl methyl sites for hydroxylation is 3. The van der Waals surface area contributed by atoms with Crippen molar-refractivity contribution in [3.63, 3.8) is 0 Å². The molecule has 0 aliphatic carbocycles. The summed E-state index contributed by atoms with van der Waals surface area (Å²) in [4.78, 5) is 27.9. The summed E-state index contributed by atoms with van der Waals surface area (Å²) in [5.41, 5.74) is 3.33. The average molecular weight is 394 g/mol. The van der Waals surface area contributed by atoms with Gasteiger partial charge >= 0.3 is 0 Å². The summed E-state index contributed by atoms with van der Waals surface area (Å²) in [5.74, 6) is 0.719. The van der Waals surface area contributed by atoms with Crippen molar-refractivity contribution in [1.82, 2.24) is 4.57 Å². The van der Waals surface area contributed by atoms with Gasteiger partial charge in [-0.05, 0) is 56.2 Å². The molecule has 0 fully saturated rings. The Kier molecular flexibility index (Phi) is 5.64. The molecule has 152 valence electrons. The van der Waals surface area contributed by atoms with Crippen LogP contribution in [0.2, 0.25) is 0 Å². The van der Waals surface area contributed by atoms with Gasteiger partial charge in [0.15, 0.2) is 11.5 Å². The van der Waals surface area contributed by atoms with Crippen LogP contribution in [0.1, 0.15) is 28.4 Å². The first kappa shape index (κ1) is 20.5. The molecule has 1 aromatic heterocycles. The SMILES string of the molecule is CCn1cc(C(=O)N(C)c2ccc(C)c(C)c2)c2cc(OC)c(OC)cc2c1=O. The van der Waals surface area contributed by atoms with Gasteiger partial charge in [0.1, 0.15) is 0 Å². The molecule has 29 heavy (non-hydrogen) atoms. The van der Waals surface area contributed by atoms with Crippen LogP contribution < -0.4 is 19.9 Å². The molecule has 6 heteroatoms. The minimum Gasteiger partial charge on any atom is -0.493 e. The van der Waals surface area contributed by atoms with Crippen LogP contribution in [-0.4, -0.2) is 31.7 Å². The number of anilines is 1. The van der Waals surface area contributed by atoms with Gasteiger partial charge in [-0.3, -0.25) is 9.59 Å². The van der Waals surface area contributed by atoms with Crippen LogP contribution in [0.15, 0.2) is 41.3 Å². The molecule has 6 nitrogen and oxygen atoms in total. The molecule has 0 bridgehead atoms. The Morgan fingerprint density at radius 1 is 1.00 bits per heavy atom. The zero-order chi connectivity index (χ0) is 21.3. The Balaban J connectivity index is 2.23. The number of fused-ring (bicyclic) bond motifs is 1. The Morgan fingerprint density at radius 3 is 2.17 bits per heavy atom. The van der Waals surface area contributed by atoms with E-state index in [9.17, 15) is 9.59 Å². The first-order valence-corrected chi connectivity index (χ1v) is 9.46. The second-order valence-corrected chi connectivity index (χ2v) is 7.02. The summed E-state index contributed by atoms with van der Waals surface area (Å²) in [6.45, 7) is 6.37. The zero-order valence-corrected chi connectivity index (χ0v) is 17.7. The molecule has 0 N–H and O–H groups in total. The maximum atomic E-state index is 13.4. The molecule has 1 heterocycles. The first-order valence-electron chi connectivity index (χ1n) is 9.46. The smallest absolute Gasteiger partial charge is 0.260 e. The third-order valence-electron chi connectivity index (χ3n) is 5.34. The molecule has 0 atom stereocenters. The first-order chi connectivity index (χ1) is 13.8. The van der Waals surface area contributed by atoms with Crippen LogP contribution in [0.4, 0.5) is 5.69 Å². The van der Waals surface area contributed by atoms with E-state index in [0.717, 1.165) is 16.8 Å². The lowest BCUT2D eigenvalue weighted by Gasteiger charge is -2.21. The molecule has 3 rings (SSSR count). The minimum absolute atomic E-state index is 0.172. The lowest BCUT2D eigenvalue weighted by Crippen LogP contribution is -2.29. The van der Waals surface area contributed by atoms with E-state index >= 15 is 0 Å². The Hall–Kier alpha value is -3.28. The van der Waals surface area contributed by atoms with Crippen molar-refractivity contribution in [2.45, 2.75) is 27.3 Å². The van der Waals surface area contributed by atoms with Gasteiger partial charge in [-0.25, -0.2) is 0 Å². The highest BCUT2D eigenvalue weighted by Gasteiger charge is 2.21. The highest BCUT2D eigenvalue weighted by atomic mass is 16.5. The summed E-state index contributed by atoms with van der Waals surface area (Å²) >= 11 is 0. The van der Waals surface area contributed by atoms with Crippen molar-refractivity contribution < 1.29 is 14.3 Å². The normalized spacial score (nSPS) is 10.8.